The lowest BCUT2D eigenvalue weighted by molar-refractivity contribution is -0.120. The lowest BCUT2D eigenvalue weighted by Crippen LogP contribution is -2.38. The Hall–Kier alpha value is -3.29. The maximum absolute atomic E-state index is 13.0. The van der Waals surface area contributed by atoms with Crippen LogP contribution in [0.1, 0.15) is 46.7 Å². The summed E-state index contributed by atoms with van der Waals surface area (Å²) in [5, 5.41) is 0. The van der Waals surface area contributed by atoms with Crippen LogP contribution < -0.4 is 4.72 Å². The number of hydrogen-bond donors (Lipinski definition) is 1. The minimum Gasteiger partial charge on any atom is -0.338 e. The summed E-state index contributed by atoms with van der Waals surface area (Å²) >= 11 is 0. The number of benzene rings is 3. The quantitative estimate of drug-likeness (QED) is 0.533. The van der Waals surface area contributed by atoms with E-state index in [1.54, 1.807) is 17.0 Å². The number of amides is 1. The molecule has 6 nitrogen and oxygen atoms in total. The molecule has 1 aliphatic heterocycles. The van der Waals surface area contributed by atoms with Crippen molar-refractivity contribution in [2.45, 2.75) is 30.1 Å². The van der Waals surface area contributed by atoms with Gasteiger partial charge in [-0.05, 0) is 35.7 Å². The van der Waals surface area contributed by atoms with Gasteiger partial charge in [-0.25, -0.2) is 13.1 Å². The van der Waals surface area contributed by atoms with Crippen LogP contribution in [0.25, 0.3) is 0 Å². The van der Waals surface area contributed by atoms with E-state index in [4.69, 9.17) is 0 Å². The predicted molar refractivity (Wildman–Crippen MR) is 131 cm³/mol. The Morgan fingerprint density at radius 3 is 2.03 bits per heavy atom. The van der Waals surface area contributed by atoms with Crippen molar-refractivity contribution in [3.8, 4) is 0 Å². The van der Waals surface area contributed by atoms with Gasteiger partial charge in [0.05, 0.1) is 4.90 Å². The molecule has 34 heavy (non-hydrogen) atoms. The van der Waals surface area contributed by atoms with Gasteiger partial charge in [-0.1, -0.05) is 66.7 Å². The molecule has 0 unspecified atom stereocenters. The SMILES string of the molecule is O=C1CCN(C(=O)c2cccc(S(=O)(=O)NCCC(c3ccccc3)c3ccccc3)c2)CC1. The van der Waals surface area contributed by atoms with E-state index in [1.807, 2.05) is 36.4 Å². The number of hydrogen-bond acceptors (Lipinski definition) is 4. The van der Waals surface area contributed by atoms with Crippen LogP contribution in [0, 0.1) is 0 Å². The number of ketones is 1. The van der Waals surface area contributed by atoms with Crippen LogP contribution in [0.5, 0.6) is 0 Å². The van der Waals surface area contributed by atoms with Crippen molar-refractivity contribution >= 4 is 21.7 Å². The molecule has 0 bridgehead atoms. The van der Waals surface area contributed by atoms with Gasteiger partial charge in [0, 0.05) is 44.0 Å². The zero-order valence-corrected chi connectivity index (χ0v) is 19.7. The van der Waals surface area contributed by atoms with Gasteiger partial charge in [-0.2, -0.15) is 0 Å². The average molecular weight is 477 g/mol. The summed E-state index contributed by atoms with van der Waals surface area (Å²) in [6.07, 6.45) is 1.28. The van der Waals surface area contributed by atoms with Gasteiger partial charge >= 0.3 is 0 Å². The highest BCUT2D eigenvalue weighted by Gasteiger charge is 2.24. The van der Waals surface area contributed by atoms with Crippen molar-refractivity contribution in [1.29, 1.82) is 0 Å². The Balaban J connectivity index is 1.45. The molecule has 4 rings (SSSR count). The van der Waals surface area contributed by atoms with Gasteiger partial charge in [0.2, 0.25) is 10.0 Å². The molecule has 0 atom stereocenters. The molecule has 1 heterocycles. The second-order valence-electron chi connectivity index (χ2n) is 8.42. The highest BCUT2D eigenvalue weighted by atomic mass is 32.2. The fraction of sp³-hybridized carbons (Fsp3) is 0.259. The number of sulfonamides is 1. The third-order valence-corrected chi connectivity index (χ3v) is 7.59. The minimum absolute atomic E-state index is 0.0554. The average Bonchev–Trinajstić information content (AvgIpc) is 2.88. The first-order valence-electron chi connectivity index (χ1n) is 11.4. The molecule has 1 saturated heterocycles. The van der Waals surface area contributed by atoms with Gasteiger partial charge in [-0.15, -0.1) is 0 Å². The van der Waals surface area contributed by atoms with E-state index in [9.17, 15) is 18.0 Å². The molecule has 1 N–H and O–H groups in total. The van der Waals surface area contributed by atoms with Gasteiger partial charge < -0.3 is 4.90 Å². The number of nitrogens with one attached hydrogen (secondary N) is 1. The maximum atomic E-state index is 13.0. The van der Waals surface area contributed by atoms with Crippen LogP contribution in [0.4, 0.5) is 0 Å². The molecular formula is C27H28N2O4S. The summed E-state index contributed by atoms with van der Waals surface area (Å²) in [6.45, 7) is 0.990. The van der Waals surface area contributed by atoms with E-state index < -0.39 is 10.0 Å². The number of nitrogens with zero attached hydrogens (tertiary/aromatic N) is 1. The molecule has 7 heteroatoms. The van der Waals surface area contributed by atoms with Gasteiger partial charge in [0.1, 0.15) is 5.78 Å². The molecule has 0 spiro atoms. The molecule has 0 aromatic heterocycles. The van der Waals surface area contributed by atoms with E-state index in [2.05, 4.69) is 29.0 Å². The molecule has 0 radical (unpaired) electrons. The fourth-order valence-electron chi connectivity index (χ4n) is 4.26. The monoisotopic (exact) mass is 476 g/mol. The lowest BCUT2D eigenvalue weighted by Gasteiger charge is -2.26. The Bertz CT molecular complexity index is 1190. The van der Waals surface area contributed by atoms with Crippen LogP contribution in [0.15, 0.2) is 89.8 Å². The number of piperidine rings is 1. The first-order valence-corrected chi connectivity index (χ1v) is 12.9. The van der Waals surface area contributed by atoms with E-state index in [0.717, 1.165) is 11.1 Å². The Kier molecular flexibility index (Phi) is 7.55. The fourth-order valence-corrected chi connectivity index (χ4v) is 5.35. The van der Waals surface area contributed by atoms with E-state index in [-0.39, 0.29) is 29.0 Å². The maximum Gasteiger partial charge on any atom is 0.253 e. The summed E-state index contributed by atoms with van der Waals surface area (Å²) in [6, 6.07) is 26.1. The first kappa shape index (κ1) is 23.9. The zero-order valence-electron chi connectivity index (χ0n) is 18.9. The van der Waals surface area contributed by atoms with Crippen molar-refractivity contribution < 1.29 is 18.0 Å². The lowest BCUT2D eigenvalue weighted by atomic mass is 9.89. The second kappa shape index (κ2) is 10.8. The van der Waals surface area contributed by atoms with Crippen LogP contribution >= 0.6 is 0 Å². The molecule has 1 fully saturated rings. The largest absolute Gasteiger partial charge is 0.338 e. The summed E-state index contributed by atoms with van der Waals surface area (Å²) in [5.41, 5.74) is 2.56. The summed E-state index contributed by atoms with van der Waals surface area (Å²) in [5.74, 6) is -0.0496. The number of Topliss-reactive ketones (excluding diaryl/α,β-unsaturated/α-hetero) is 1. The smallest absolute Gasteiger partial charge is 0.253 e. The van der Waals surface area contributed by atoms with Crippen molar-refractivity contribution in [2.24, 2.45) is 0 Å². The number of likely N-dealkylation sites (tertiary alicyclic amines) is 1. The predicted octanol–water partition coefficient (Wildman–Crippen LogP) is 3.99. The first-order chi connectivity index (χ1) is 16.4. The molecule has 0 aliphatic carbocycles. The van der Waals surface area contributed by atoms with Crippen LogP contribution in [-0.4, -0.2) is 44.6 Å². The third kappa shape index (κ3) is 5.79. The Morgan fingerprint density at radius 1 is 0.853 bits per heavy atom. The normalized spacial score (nSPS) is 14.4. The van der Waals surface area contributed by atoms with Crippen LogP contribution in [0.3, 0.4) is 0 Å². The topological polar surface area (TPSA) is 83.6 Å². The van der Waals surface area contributed by atoms with Crippen LogP contribution in [-0.2, 0) is 14.8 Å². The summed E-state index contributed by atoms with van der Waals surface area (Å²) in [4.78, 5) is 25.9. The number of carbonyl (C=O) groups excluding carboxylic acids is 2. The highest BCUT2D eigenvalue weighted by molar-refractivity contribution is 7.89. The van der Waals surface area contributed by atoms with E-state index >= 15 is 0 Å². The third-order valence-electron chi connectivity index (χ3n) is 6.13. The van der Waals surface area contributed by atoms with Gasteiger partial charge in [-0.3, -0.25) is 9.59 Å². The molecule has 3 aromatic carbocycles. The van der Waals surface area contributed by atoms with Gasteiger partial charge in [0.25, 0.3) is 5.91 Å². The summed E-state index contributed by atoms with van der Waals surface area (Å²) in [7, 11) is -3.79. The van der Waals surface area contributed by atoms with Crippen molar-refractivity contribution in [3.63, 3.8) is 0 Å². The van der Waals surface area contributed by atoms with Crippen molar-refractivity contribution in [3.05, 3.63) is 102 Å². The van der Waals surface area contributed by atoms with Gasteiger partial charge in [0.15, 0.2) is 0 Å². The minimum atomic E-state index is -3.79. The molecule has 1 aliphatic rings. The Morgan fingerprint density at radius 2 is 1.44 bits per heavy atom. The standard InChI is InChI=1S/C27H28N2O4S/c30-24-15-18-29(19-16-24)27(31)23-12-7-13-25(20-23)34(32,33)28-17-14-26(21-8-3-1-4-9-21)22-10-5-2-6-11-22/h1-13,20,26,28H,14-19H2. The van der Waals surface area contributed by atoms with Crippen molar-refractivity contribution in [2.75, 3.05) is 19.6 Å². The van der Waals surface area contributed by atoms with E-state index in [1.165, 1.54) is 12.1 Å². The summed E-state index contributed by atoms with van der Waals surface area (Å²) < 4.78 is 28.7. The van der Waals surface area contributed by atoms with E-state index in [0.29, 0.717) is 37.9 Å². The number of rotatable bonds is 8. The highest BCUT2D eigenvalue weighted by Crippen LogP contribution is 2.27. The van der Waals surface area contributed by atoms with Crippen molar-refractivity contribution in [1.82, 2.24) is 9.62 Å². The second-order valence-corrected chi connectivity index (χ2v) is 10.2. The molecule has 1 amide bonds. The molecule has 176 valence electrons. The zero-order chi connectivity index (χ0) is 24.0. The van der Waals surface area contributed by atoms with Crippen LogP contribution in [0.2, 0.25) is 0 Å². The molecule has 0 saturated carbocycles. The Labute approximate surface area is 200 Å². The molecular weight excluding hydrogens is 448 g/mol. The molecule has 3 aromatic rings. The number of carbonyl (C=O) groups is 2.